The van der Waals surface area contributed by atoms with Gasteiger partial charge < -0.3 is 5.32 Å². The van der Waals surface area contributed by atoms with Crippen molar-refractivity contribution in [2.45, 2.75) is 77.3 Å². The third kappa shape index (κ3) is 7.37. The second kappa shape index (κ2) is 9.46. The average molecular weight is 240 g/mol. The number of carbonyl (C=O) groups excluding carboxylic acids is 1. The highest BCUT2D eigenvalue weighted by atomic mass is 16.2. The zero-order chi connectivity index (χ0) is 12.3. The van der Waals surface area contributed by atoms with Gasteiger partial charge in [-0.2, -0.15) is 0 Å². The summed E-state index contributed by atoms with van der Waals surface area (Å²) in [6.07, 6.45) is 13.6. The third-order valence-electron chi connectivity index (χ3n) is 3.44. The molecule has 100 valence electrons. The van der Waals surface area contributed by atoms with Crippen LogP contribution in [0.4, 0.5) is 0 Å². The SMILES string of the molecule is CCCCCCCCCCCC1NCC(=O)N1. The minimum Gasteiger partial charge on any atom is -0.340 e. The maximum atomic E-state index is 10.9. The van der Waals surface area contributed by atoms with Crippen LogP contribution in [0.1, 0.15) is 71.1 Å². The zero-order valence-corrected chi connectivity index (χ0v) is 11.3. The van der Waals surface area contributed by atoms with Gasteiger partial charge in [0.1, 0.15) is 0 Å². The second-order valence-corrected chi connectivity index (χ2v) is 5.12. The van der Waals surface area contributed by atoms with Crippen molar-refractivity contribution < 1.29 is 4.79 Å². The lowest BCUT2D eigenvalue weighted by Gasteiger charge is -2.09. The molecule has 0 spiro atoms. The third-order valence-corrected chi connectivity index (χ3v) is 3.44. The molecule has 1 unspecified atom stereocenters. The van der Waals surface area contributed by atoms with E-state index in [-0.39, 0.29) is 12.1 Å². The number of hydrogen-bond donors (Lipinski definition) is 2. The van der Waals surface area contributed by atoms with Crippen molar-refractivity contribution >= 4 is 5.91 Å². The summed E-state index contributed by atoms with van der Waals surface area (Å²) in [4.78, 5) is 10.9. The molecule has 0 aliphatic carbocycles. The molecule has 2 N–H and O–H groups in total. The van der Waals surface area contributed by atoms with E-state index in [4.69, 9.17) is 0 Å². The van der Waals surface area contributed by atoms with Crippen molar-refractivity contribution in [1.29, 1.82) is 0 Å². The van der Waals surface area contributed by atoms with E-state index in [2.05, 4.69) is 17.6 Å². The van der Waals surface area contributed by atoms with Gasteiger partial charge in [0.25, 0.3) is 0 Å². The fourth-order valence-electron chi connectivity index (χ4n) is 2.35. The molecule has 3 heteroatoms. The first kappa shape index (κ1) is 14.5. The summed E-state index contributed by atoms with van der Waals surface area (Å²) in [5, 5.41) is 6.10. The Morgan fingerprint density at radius 2 is 1.59 bits per heavy atom. The summed E-state index contributed by atoms with van der Waals surface area (Å²) >= 11 is 0. The number of hydrogen-bond acceptors (Lipinski definition) is 2. The Morgan fingerprint density at radius 3 is 2.12 bits per heavy atom. The lowest BCUT2D eigenvalue weighted by Crippen LogP contribution is -2.31. The lowest BCUT2D eigenvalue weighted by atomic mass is 10.1. The first-order chi connectivity index (χ1) is 8.33. The van der Waals surface area contributed by atoms with Crippen molar-refractivity contribution in [3.8, 4) is 0 Å². The molecule has 0 saturated carbocycles. The van der Waals surface area contributed by atoms with E-state index in [9.17, 15) is 4.79 Å². The molecule has 17 heavy (non-hydrogen) atoms. The summed E-state index contributed by atoms with van der Waals surface area (Å²) in [6, 6.07) is 0. The van der Waals surface area contributed by atoms with Crippen LogP contribution in [0, 0.1) is 0 Å². The van der Waals surface area contributed by atoms with Crippen LogP contribution in [0.2, 0.25) is 0 Å². The molecule has 0 aromatic carbocycles. The Bertz CT molecular complexity index is 206. The van der Waals surface area contributed by atoms with Crippen molar-refractivity contribution in [2.75, 3.05) is 6.54 Å². The van der Waals surface area contributed by atoms with Gasteiger partial charge in [-0.3, -0.25) is 10.1 Å². The van der Waals surface area contributed by atoms with Gasteiger partial charge in [0, 0.05) is 0 Å². The maximum absolute atomic E-state index is 10.9. The summed E-state index contributed by atoms with van der Waals surface area (Å²) < 4.78 is 0. The van der Waals surface area contributed by atoms with Crippen LogP contribution < -0.4 is 10.6 Å². The fourth-order valence-corrected chi connectivity index (χ4v) is 2.35. The number of amides is 1. The highest BCUT2D eigenvalue weighted by Crippen LogP contribution is 2.11. The Hall–Kier alpha value is -0.570. The number of rotatable bonds is 10. The molecule has 1 amide bonds. The molecule has 3 nitrogen and oxygen atoms in total. The van der Waals surface area contributed by atoms with Crippen molar-refractivity contribution in [3.63, 3.8) is 0 Å². The normalized spacial score (nSPS) is 19.6. The first-order valence-electron chi connectivity index (χ1n) is 7.35. The minimum absolute atomic E-state index is 0.144. The van der Waals surface area contributed by atoms with Crippen molar-refractivity contribution in [1.82, 2.24) is 10.6 Å². The summed E-state index contributed by atoms with van der Waals surface area (Å²) in [7, 11) is 0. The topological polar surface area (TPSA) is 41.1 Å². The zero-order valence-electron chi connectivity index (χ0n) is 11.3. The summed E-state index contributed by atoms with van der Waals surface area (Å²) in [6.45, 7) is 2.76. The molecule has 0 aromatic rings. The Morgan fingerprint density at radius 1 is 1.00 bits per heavy atom. The van der Waals surface area contributed by atoms with Gasteiger partial charge >= 0.3 is 0 Å². The van der Waals surface area contributed by atoms with Gasteiger partial charge in [0.15, 0.2) is 0 Å². The van der Waals surface area contributed by atoms with Crippen LogP contribution in [0.5, 0.6) is 0 Å². The van der Waals surface area contributed by atoms with Crippen molar-refractivity contribution in [3.05, 3.63) is 0 Å². The second-order valence-electron chi connectivity index (χ2n) is 5.12. The van der Waals surface area contributed by atoms with E-state index in [1.165, 1.54) is 57.8 Å². The van der Waals surface area contributed by atoms with Gasteiger partial charge in [-0.15, -0.1) is 0 Å². The van der Waals surface area contributed by atoms with E-state index in [1.54, 1.807) is 0 Å². The summed E-state index contributed by atoms with van der Waals surface area (Å²) in [5.74, 6) is 0.144. The minimum atomic E-state index is 0.144. The van der Waals surface area contributed by atoms with Gasteiger partial charge in [0.05, 0.1) is 12.7 Å². The Kier molecular flexibility index (Phi) is 8.06. The van der Waals surface area contributed by atoms with Crippen LogP contribution in [-0.2, 0) is 4.79 Å². The number of unbranched alkanes of at least 4 members (excludes halogenated alkanes) is 8. The Balaban J connectivity index is 1.77. The van der Waals surface area contributed by atoms with E-state index in [0.29, 0.717) is 6.54 Å². The van der Waals surface area contributed by atoms with Gasteiger partial charge in [-0.1, -0.05) is 64.7 Å². The molecule has 1 fully saturated rings. The van der Waals surface area contributed by atoms with E-state index in [0.717, 1.165) is 6.42 Å². The van der Waals surface area contributed by atoms with Crippen LogP contribution in [0.25, 0.3) is 0 Å². The maximum Gasteiger partial charge on any atom is 0.235 e. The standard InChI is InChI=1S/C14H28N2O/c1-2-3-4-5-6-7-8-9-10-11-13-15-12-14(17)16-13/h13,15H,2-12H2,1H3,(H,16,17). The molecule has 1 aliphatic heterocycles. The Labute approximate surface area is 106 Å². The predicted octanol–water partition coefficient (Wildman–Crippen LogP) is 2.95. The van der Waals surface area contributed by atoms with E-state index >= 15 is 0 Å². The van der Waals surface area contributed by atoms with E-state index in [1.807, 2.05) is 0 Å². The van der Waals surface area contributed by atoms with Gasteiger partial charge in [-0.25, -0.2) is 0 Å². The van der Waals surface area contributed by atoms with Gasteiger partial charge in [0.2, 0.25) is 5.91 Å². The molecular formula is C14H28N2O. The molecule has 1 atom stereocenters. The largest absolute Gasteiger partial charge is 0.340 e. The molecular weight excluding hydrogens is 212 g/mol. The van der Waals surface area contributed by atoms with Crippen LogP contribution >= 0.6 is 0 Å². The van der Waals surface area contributed by atoms with E-state index < -0.39 is 0 Å². The highest BCUT2D eigenvalue weighted by Gasteiger charge is 2.18. The molecule has 1 rings (SSSR count). The average Bonchev–Trinajstić information content (AvgIpc) is 2.73. The molecule has 0 bridgehead atoms. The molecule has 1 heterocycles. The fraction of sp³-hybridized carbons (Fsp3) is 0.929. The van der Waals surface area contributed by atoms with Crippen LogP contribution in [0.3, 0.4) is 0 Å². The lowest BCUT2D eigenvalue weighted by molar-refractivity contribution is -0.118. The molecule has 0 radical (unpaired) electrons. The smallest absolute Gasteiger partial charge is 0.235 e. The predicted molar refractivity (Wildman–Crippen MR) is 71.8 cm³/mol. The number of carbonyl (C=O) groups is 1. The highest BCUT2D eigenvalue weighted by molar-refractivity contribution is 5.80. The summed E-state index contributed by atoms with van der Waals surface area (Å²) in [5.41, 5.74) is 0. The monoisotopic (exact) mass is 240 g/mol. The quantitative estimate of drug-likeness (QED) is 0.576. The van der Waals surface area contributed by atoms with Crippen molar-refractivity contribution in [2.24, 2.45) is 0 Å². The molecule has 0 aromatic heterocycles. The van der Waals surface area contributed by atoms with Crippen LogP contribution in [0.15, 0.2) is 0 Å². The van der Waals surface area contributed by atoms with Gasteiger partial charge in [-0.05, 0) is 6.42 Å². The number of nitrogens with one attached hydrogen (secondary N) is 2. The first-order valence-corrected chi connectivity index (χ1v) is 7.35. The van der Waals surface area contributed by atoms with Crippen LogP contribution in [-0.4, -0.2) is 18.6 Å². The molecule has 1 saturated heterocycles. The molecule has 1 aliphatic rings.